The SMILES string of the molecule is CC(C)(CN=C(N)N1CCN(c2ccc(F)cc2)CC1)S(C)(=O)=O.I. The summed E-state index contributed by atoms with van der Waals surface area (Å²) in [6, 6.07) is 6.42. The van der Waals surface area contributed by atoms with Crippen molar-refractivity contribution >= 4 is 45.5 Å². The van der Waals surface area contributed by atoms with Crippen LogP contribution in [0.1, 0.15) is 13.8 Å². The summed E-state index contributed by atoms with van der Waals surface area (Å²) >= 11 is 0. The van der Waals surface area contributed by atoms with E-state index < -0.39 is 14.6 Å². The molecule has 0 bridgehead atoms. The van der Waals surface area contributed by atoms with Crippen LogP contribution in [0, 0.1) is 5.82 Å². The molecule has 1 aliphatic heterocycles. The fraction of sp³-hybridized carbons (Fsp3) is 0.562. The second-order valence-electron chi connectivity index (χ2n) is 6.66. The summed E-state index contributed by atoms with van der Waals surface area (Å²) < 4.78 is 35.5. The summed E-state index contributed by atoms with van der Waals surface area (Å²) in [5.74, 6) is 0.118. The quantitative estimate of drug-likeness (QED) is 0.400. The molecule has 1 heterocycles. The van der Waals surface area contributed by atoms with Crippen molar-refractivity contribution in [3.63, 3.8) is 0 Å². The van der Waals surface area contributed by atoms with Crippen LogP contribution in [0.15, 0.2) is 29.3 Å². The zero-order valence-electron chi connectivity index (χ0n) is 14.8. The number of nitrogens with two attached hydrogens (primary N) is 1. The van der Waals surface area contributed by atoms with Gasteiger partial charge in [0, 0.05) is 38.1 Å². The standard InChI is InChI=1S/C16H25FN4O2S.HI/c1-16(2,24(3,22)23)12-19-15(18)21-10-8-20(9-11-21)14-6-4-13(17)5-7-14;/h4-7H,8-12H2,1-3H3,(H2,18,19);1H. The van der Waals surface area contributed by atoms with Crippen molar-refractivity contribution < 1.29 is 12.8 Å². The minimum Gasteiger partial charge on any atom is -0.370 e. The van der Waals surface area contributed by atoms with Crippen molar-refractivity contribution in [1.29, 1.82) is 0 Å². The second kappa shape index (κ2) is 8.52. The average Bonchev–Trinajstić information content (AvgIpc) is 2.52. The highest BCUT2D eigenvalue weighted by atomic mass is 127. The molecule has 1 saturated heterocycles. The number of nitrogens with zero attached hydrogens (tertiary/aromatic N) is 3. The van der Waals surface area contributed by atoms with E-state index in [2.05, 4.69) is 9.89 Å². The van der Waals surface area contributed by atoms with Gasteiger partial charge in [0.15, 0.2) is 15.8 Å². The highest BCUT2D eigenvalue weighted by Gasteiger charge is 2.30. The van der Waals surface area contributed by atoms with Gasteiger partial charge in [-0.2, -0.15) is 0 Å². The van der Waals surface area contributed by atoms with E-state index >= 15 is 0 Å². The van der Waals surface area contributed by atoms with Crippen LogP contribution in [0.25, 0.3) is 0 Å². The number of halogens is 2. The van der Waals surface area contributed by atoms with Gasteiger partial charge in [-0.25, -0.2) is 12.8 Å². The number of benzene rings is 1. The molecule has 0 unspecified atom stereocenters. The Labute approximate surface area is 166 Å². The third-order valence-electron chi connectivity index (χ3n) is 4.42. The van der Waals surface area contributed by atoms with E-state index in [0.717, 1.165) is 18.8 Å². The molecule has 0 atom stereocenters. The summed E-state index contributed by atoms with van der Waals surface area (Å²) in [5, 5.41) is 0. The number of aliphatic imine (C=N–C) groups is 1. The normalized spacial score (nSPS) is 16.6. The van der Waals surface area contributed by atoms with E-state index in [0.29, 0.717) is 19.0 Å². The minimum absolute atomic E-state index is 0. The van der Waals surface area contributed by atoms with E-state index in [-0.39, 0.29) is 36.3 Å². The van der Waals surface area contributed by atoms with Crippen LogP contribution in [-0.2, 0) is 9.84 Å². The van der Waals surface area contributed by atoms with Gasteiger partial charge < -0.3 is 15.5 Å². The fourth-order valence-corrected chi connectivity index (χ4v) is 2.63. The highest BCUT2D eigenvalue weighted by Crippen LogP contribution is 2.18. The zero-order valence-corrected chi connectivity index (χ0v) is 17.9. The minimum atomic E-state index is -3.20. The number of sulfone groups is 1. The van der Waals surface area contributed by atoms with Crippen LogP contribution < -0.4 is 10.6 Å². The summed E-state index contributed by atoms with van der Waals surface area (Å²) in [6.07, 6.45) is 1.21. The number of guanidine groups is 1. The maximum absolute atomic E-state index is 13.0. The van der Waals surface area contributed by atoms with E-state index in [1.54, 1.807) is 26.0 Å². The zero-order chi connectivity index (χ0) is 18.0. The summed E-state index contributed by atoms with van der Waals surface area (Å²) in [7, 11) is -3.20. The predicted octanol–water partition coefficient (Wildman–Crippen LogP) is 1.70. The molecular weight excluding hydrogens is 458 g/mol. The van der Waals surface area contributed by atoms with Gasteiger partial charge in [0.05, 0.1) is 11.3 Å². The Morgan fingerprint density at radius 3 is 2.20 bits per heavy atom. The molecule has 2 N–H and O–H groups in total. The highest BCUT2D eigenvalue weighted by molar-refractivity contribution is 14.0. The van der Waals surface area contributed by atoms with Gasteiger partial charge in [0.25, 0.3) is 0 Å². The first-order chi connectivity index (χ1) is 11.1. The number of rotatable bonds is 4. The molecule has 25 heavy (non-hydrogen) atoms. The Hall–Kier alpha value is -1.10. The second-order valence-corrected chi connectivity index (χ2v) is 9.31. The number of anilines is 1. The fourth-order valence-electron chi connectivity index (χ4n) is 2.33. The summed E-state index contributed by atoms with van der Waals surface area (Å²) in [4.78, 5) is 8.37. The molecule has 0 radical (unpaired) electrons. The lowest BCUT2D eigenvalue weighted by Crippen LogP contribution is -2.51. The van der Waals surface area contributed by atoms with Crippen molar-refractivity contribution in [2.45, 2.75) is 18.6 Å². The Bertz CT molecular complexity index is 699. The molecule has 0 saturated carbocycles. The Morgan fingerprint density at radius 2 is 1.72 bits per heavy atom. The van der Waals surface area contributed by atoms with E-state index in [1.807, 2.05) is 4.90 Å². The molecule has 1 aromatic carbocycles. The summed E-state index contributed by atoms with van der Waals surface area (Å²) in [5.41, 5.74) is 6.99. The molecule has 9 heteroatoms. The lowest BCUT2D eigenvalue weighted by molar-refractivity contribution is 0.380. The average molecular weight is 484 g/mol. The smallest absolute Gasteiger partial charge is 0.191 e. The van der Waals surface area contributed by atoms with Gasteiger partial charge in [-0.05, 0) is 38.1 Å². The van der Waals surface area contributed by atoms with Crippen LogP contribution in [0.4, 0.5) is 10.1 Å². The van der Waals surface area contributed by atoms with Gasteiger partial charge >= 0.3 is 0 Å². The molecule has 0 amide bonds. The molecule has 6 nitrogen and oxygen atoms in total. The van der Waals surface area contributed by atoms with Gasteiger partial charge in [0.1, 0.15) is 5.82 Å². The maximum Gasteiger partial charge on any atom is 0.191 e. The van der Waals surface area contributed by atoms with Crippen LogP contribution in [-0.4, -0.2) is 63.0 Å². The van der Waals surface area contributed by atoms with Gasteiger partial charge in [-0.15, -0.1) is 24.0 Å². The first-order valence-electron chi connectivity index (χ1n) is 7.85. The first kappa shape index (κ1) is 21.9. The van der Waals surface area contributed by atoms with Gasteiger partial charge in [0.2, 0.25) is 0 Å². The van der Waals surface area contributed by atoms with Crippen LogP contribution >= 0.6 is 24.0 Å². The molecular formula is C16H26FIN4O2S. The molecule has 0 aliphatic carbocycles. The molecule has 142 valence electrons. The van der Waals surface area contributed by atoms with E-state index in [4.69, 9.17) is 5.73 Å². The van der Waals surface area contributed by atoms with Gasteiger partial charge in [-0.1, -0.05) is 0 Å². The number of piperazine rings is 1. The molecule has 2 rings (SSSR count). The first-order valence-corrected chi connectivity index (χ1v) is 9.74. The topological polar surface area (TPSA) is 79.0 Å². The van der Waals surface area contributed by atoms with Crippen molar-refractivity contribution in [3.05, 3.63) is 30.1 Å². The van der Waals surface area contributed by atoms with Crippen LogP contribution in [0.5, 0.6) is 0 Å². The monoisotopic (exact) mass is 484 g/mol. The molecule has 0 spiro atoms. The Balaban J connectivity index is 0.00000312. The summed E-state index contributed by atoms with van der Waals surface area (Å²) in [6.45, 7) is 6.29. The lowest BCUT2D eigenvalue weighted by atomic mass is 10.2. The van der Waals surface area contributed by atoms with Crippen molar-refractivity contribution in [2.75, 3.05) is 43.9 Å². The van der Waals surface area contributed by atoms with Crippen molar-refractivity contribution in [1.82, 2.24) is 4.90 Å². The number of hydrogen-bond donors (Lipinski definition) is 1. The lowest BCUT2D eigenvalue weighted by Gasteiger charge is -2.36. The molecule has 1 aliphatic rings. The van der Waals surface area contributed by atoms with Crippen molar-refractivity contribution in [2.24, 2.45) is 10.7 Å². The van der Waals surface area contributed by atoms with E-state index in [1.165, 1.54) is 18.4 Å². The molecule has 1 fully saturated rings. The van der Waals surface area contributed by atoms with Gasteiger partial charge in [-0.3, -0.25) is 4.99 Å². The number of hydrogen-bond acceptors (Lipinski definition) is 4. The third kappa shape index (κ3) is 5.70. The third-order valence-corrected chi connectivity index (χ3v) is 6.56. The van der Waals surface area contributed by atoms with E-state index in [9.17, 15) is 12.8 Å². The Kier molecular flexibility index (Phi) is 7.48. The maximum atomic E-state index is 13.0. The molecule has 0 aromatic heterocycles. The molecule has 1 aromatic rings. The van der Waals surface area contributed by atoms with Crippen LogP contribution in [0.2, 0.25) is 0 Å². The Morgan fingerprint density at radius 1 is 1.20 bits per heavy atom. The van der Waals surface area contributed by atoms with Crippen LogP contribution in [0.3, 0.4) is 0 Å². The van der Waals surface area contributed by atoms with Crippen molar-refractivity contribution in [3.8, 4) is 0 Å². The predicted molar refractivity (Wildman–Crippen MR) is 111 cm³/mol. The largest absolute Gasteiger partial charge is 0.370 e.